The average Bonchev–Trinajstić information content (AvgIpc) is 3.34. The van der Waals surface area contributed by atoms with Crippen LogP contribution in [0.3, 0.4) is 0 Å². The predicted molar refractivity (Wildman–Crippen MR) is 131 cm³/mol. The smallest absolute Gasteiger partial charge is 0.338 e. The lowest BCUT2D eigenvalue weighted by Gasteiger charge is -2.27. The van der Waals surface area contributed by atoms with Gasteiger partial charge in [-0.2, -0.15) is 0 Å². The number of ether oxygens (including phenoxy) is 1. The third-order valence-corrected chi connectivity index (χ3v) is 8.22. The van der Waals surface area contributed by atoms with E-state index in [-0.39, 0.29) is 23.3 Å². The number of aromatic amines is 1. The standard InChI is InChI=1S/C25H20N2O5S2/c1-2-32-24(30)15-9-11-16(12-10-15)27-22(28)18-17(13-8-14-6-4-3-5-7-14)19-21(26-25(31)34-19)33-20(18)23(27)29/h3-13,17-18,20H,2H2,1H3,(H,26,31)/b13-8+/t17-,18-,20+/m1/s1. The fraction of sp³-hybridized carbons (Fsp3) is 0.200. The zero-order chi connectivity index (χ0) is 23.8. The van der Waals surface area contributed by atoms with Crippen molar-refractivity contribution < 1.29 is 19.1 Å². The largest absolute Gasteiger partial charge is 0.462 e. The number of nitrogens with one attached hydrogen (secondary N) is 1. The van der Waals surface area contributed by atoms with E-state index in [2.05, 4.69) is 4.98 Å². The number of amides is 2. The second kappa shape index (κ2) is 9.08. The number of carbonyl (C=O) groups is 3. The van der Waals surface area contributed by atoms with Crippen LogP contribution in [0, 0.1) is 5.92 Å². The van der Waals surface area contributed by atoms with Gasteiger partial charge in [0, 0.05) is 10.8 Å². The van der Waals surface area contributed by atoms with Crippen molar-refractivity contribution in [1.29, 1.82) is 0 Å². The molecule has 1 fully saturated rings. The summed E-state index contributed by atoms with van der Waals surface area (Å²) in [6.45, 7) is 1.98. The molecule has 2 amide bonds. The lowest BCUT2D eigenvalue weighted by atomic mass is 9.88. The first-order chi connectivity index (χ1) is 16.5. The summed E-state index contributed by atoms with van der Waals surface area (Å²) in [6, 6.07) is 15.9. The van der Waals surface area contributed by atoms with Gasteiger partial charge in [-0.15, -0.1) is 0 Å². The van der Waals surface area contributed by atoms with E-state index in [0.29, 0.717) is 16.3 Å². The number of benzene rings is 2. The molecule has 3 atom stereocenters. The van der Waals surface area contributed by atoms with E-state index in [4.69, 9.17) is 4.74 Å². The summed E-state index contributed by atoms with van der Waals surface area (Å²) in [5, 5.41) is -0.0139. The van der Waals surface area contributed by atoms with Crippen LogP contribution in [0.15, 0.2) is 70.5 Å². The second-order valence-corrected chi connectivity index (χ2v) is 10.0. The average molecular weight is 493 g/mol. The highest BCUT2D eigenvalue weighted by atomic mass is 32.2. The molecular formula is C25H20N2O5S2. The Morgan fingerprint density at radius 3 is 2.50 bits per heavy atom. The molecule has 0 aliphatic carbocycles. The van der Waals surface area contributed by atoms with E-state index in [1.807, 2.05) is 42.5 Å². The van der Waals surface area contributed by atoms with E-state index >= 15 is 0 Å². The van der Waals surface area contributed by atoms with Gasteiger partial charge in [0.25, 0.3) is 0 Å². The minimum absolute atomic E-state index is 0.207. The van der Waals surface area contributed by atoms with Crippen molar-refractivity contribution in [3.8, 4) is 0 Å². The predicted octanol–water partition coefficient (Wildman–Crippen LogP) is 4.07. The van der Waals surface area contributed by atoms with Crippen LogP contribution in [-0.2, 0) is 14.3 Å². The highest BCUT2D eigenvalue weighted by Gasteiger charge is 2.55. The first-order valence-electron chi connectivity index (χ1n) is 10.8. The molecule has 3 heterocycles. The first-order valence-corrected chi connectivity index (χ1v) is 12.5. The third-order valence-electron chi connectivity index (χ3n) is 5.80. The molecule has 1 N–H and O–H groups in total. The van der Waals surface area contributed by atoms with Crippen molar-refractivity contribution in [1.82, 2.24) is 4.98 Å². The molecule has 9 heteroatoms. The van der Waals surface area contributed by atoms with Crippen molar-refractivity contribution in [3.05, 3.63) is 86.3 Å². The number of thioether (sulfide) groups is 1. The van der Waals surface area contributed by atoms with Crippen LogP contribution >= 0.6 is 23.1 Å². The van der Waals surface area contributed by atoms with Gasteiger partial charge in [-0.05, 0) is 36.8 Å². The van der Waals surface area contributed by atoms with Crippen molar-refractivity contribution in [2.45, 2.75) is 23.1 Å². The van der Waals surface area contributed by atoms with E-state index in [1.54, 1.807) is 31.2 Å². The summed E-state index contributed by atoms with van der Waals surface area (Å²) in [5.74, 6) is -2.16. The van der Waals surface area contributed by atoms with E-state index in [0.717, 1.165) is 21.8 Å². The van der Waals surface area contributed by atoms with Gasteiger partial charge in [0.1, 0.15) is 5.25 Å². The number of aromatic nitrogens is 1. The summed E-state index contributed by atoms with van der Waals surface area (Å²) in [6.07, 6.45) is 3.83. The number of thiazole rings is 1. The van der Waals surface area contributed by atoms with Crippen LogP contribution in [-0.4, -0.2) is 34.6 Å². The molecular weight excluding hydrogens is 472 g/mol. The van der Waals surface area contributed by atoms with Gasteiger partial charge < -0.3 is 9.72 Å². The van der Waals surface area contributed by atoms with E-state index in [9.17, 15) is 19.2 Å². The molecule has 0 unspecified atom stereocenters. The molecule has 2 aliphatic rings. The fourth-order valence-electron chi connectivity index (χ4n) is 4.26. The van der Waals surface area contributed by atoms with Gasteiger partial charge in [0.05, 0.1) is 28.8 Å². The molecule has 34 heavy (non-hydrogen) atoms. The minimum Gasteiger partial charge on any atom is -0.462 e. The molecule has 5 rings (SSSR count). The van der Waals surface area contributed by atoms with Gasteiger partial charge >= 0.3 is 10.8 Å². The lowest BCUT2D eigenvalue weighted by molar-refractivity contribution is -0.122. The monoisotopic (exact) mass is 492 g/mol. The van der Waals surface area contributed by atoms with Crippen molar-refractivity contribution in [2.24, 2.45) is 5.92 Å². The number of imide groups is 1. The fourth-order valence-corrected chi connectivity index (χ4v) is 6.75. The van der Waals surface area contributed by atoms with Gasteiger partial charge in [0.15, 0.2) is 0 Å². The Morgan fingerprint density at radius 2 is 1.79 bits per heavy atom. The zero-order valence-corrected chi connectivity index (χ0v) is 19.7. The van der Waals surface area contributed by atoms with Crippen LogP contribution in [0.2, 0.25) is 0 Å². The Kier molecular flexibility index (Phi) is 5.97. The first kappa shape index (κ1) is 22.4. The molecule has 0 saturated carbocycles. The van der Waals surface area contributed by atoms with Gasteiger partial charge in [0.2, 0.25) is 11.8 Å². The number of fused-ring (bicyclic) bond motifs is 2. The molecule has 2 aliphatic heterocycles. The number of carbonyl (C=O) groups excluding carboxylic acids is 3. The summed E-state index contributed by atoms with van der Waals surface area (Å²) >= 11 is 2.31. The van der Waals surface area contributed by atoms with E-state index < -0.39 is 23.1 Å². The lowest BCUT2D eigenvalue weighted by Crippen LogP contribution is -2.31. The molecule has 0 spiro atoms. The van der Waals surface area contributed by atoms with Crippen LogP contribution < -0.4 is 9.77 Å². The molecule has 172 valence electrons. The number of hydrogen-bond acceptors (Lipinski definition) is 7. The van der Waals surface area contributed by atoms with Gasteiger partial charge in [-0.3, -0.25) is 14.4 Å². The van der Waals surface area contributed by atoms with Gasteiger partial charge in [-0.25, -0.2) is 9.69 Å². The molecule has 0 bridgehead atoms. The number of esters is 1. The van der Waals surface area contributed by atoms with Crippen LogP contribution in [0.25, 0.3) is 6.08 Å². The number of H-pyrrole nitrogens is 1. The Morgan fingerprint density at radius 1 is 1.06 bits per heavy atom. The van der Waals surface area contributed by atoms with Crippen LogP contribution in [0.5, 0.6) is 0 Å². The summed E-state index contributed by atoms with van der Waals surface area (Å²) in [5.41, 5.74) is 1.71. The van der Waals surface area contributed by atoms with Crippen molar-refractivity contribution in [2.75, 3.05) is 11.5 Å². The maximum atomic E-state index is 13.6. The Labute approximate surface area is 203 Å². The van der Waals surface area contributed by atoms with Crippen LogP contribution in [0.4, 0.5) is 5.69 Å². The quantitative estimate of drug-likeness (QED) is 0.426. The van der Waals surface area contributed by atoms with Crippen molar-refractivity contribution >= 4 is 52.6 Å². The third kappa shape index (κ3) is 3.91. The minimum atomic E-state index is -0.652. The molecule has 3 aromatic rings. The SMILES string of the molecule is CCOC(=O)c1ccc(N2C(=O)[C@H]3[C@H](Sc4[nH]c(=O)sc4[C@@H]3/C=C/c3ccccc3)C2=O)cc1. The summed E-state index contributed by atoms with van der Waals surface area (Å²) in [4.78, 5) is 55.6. The normalized spacial score (nSPS) is 21.6. The maximum Gasteiger partial charge on any atom is 0.338 e. The Balaban J connectivity index is 1.50. The number of nitrogens with zero attached hydrogens (tertiary/aromatic N) is 1. The molecule has 7 nitrogen and oxygen atoms in total. The molecule has 1 saturated heterocycles. The van der Waals surface area contributed by atoms with Crippen LogP contribution in [0.1, 0.15) is 33.6 Å². The Bertz CT molecular complexity index is 1340. The molecule has 2 aromatic carbocycles. The zero-order valence-electron chi connectivity index (χ0n) is 18.1. The van der Waals surface area contributed by atoms with Crippen molar-refractivity contribution in [3.63, 3.8) is 0 Å². The van der Waals surface area contributed by atoms with E-state index in [1.165, 1.54) is 16.7 Å². The number of anilines is 1. The highest BCUT2D eigenvalue weighted by molar-refractivity contribution is 8.00. The summed E-state index contributed by atoms with van der Waals surface area (Å²) < 4.78 is 5.00. The number of rotatable bonds is 5. The molecule has 0 radical (unpaired) electrons. The topological polar surface area (TPSA) is 96.5 Å². The maximum absolute atomic E-state index is 13.6. The number of allylic oxidation sites excluding steroid dienone is 1. The van der Waals surface area contributed by atoms with Gasteiger partial charge in [-0.1, -0.05) is 65.6 Å². The number of hydrogen-bond donors (Lipinski definition) is 1. The summed E-state index contributed by atoms with van der Waals surface area (Å²) in [7, 11) is 0. The molecule has 1 aromatic heterocycles. The highest BCUT2D eigenvalue weighted by Crippen LogP contribution is 2.51. The second-order valence-electron chi connectivity index (χ2n) is 7.85. The Hall–Kier alpha value is -3.43.